The van der Waals surface area contributed by atoms with Crippen LogP contribution in [0, 0.1) is 0 Å². The maximum absolute atomic E-state index is 2.70. The predicted molar refractivity (Wildman–Crippen MR) is 246 cm³/mol. The Balaban J connectivity index is 4.33. The molecular formula is C52H107N. The normalized spacial score (nSPS) is 12.1. The largest absolute Gasteiger partial charge is 0.304 e. The monoisotopic (exact) mass is 746 g/mol. The minimum atomic E-state index is 0.449. The summed E-state index contributed by atoms with van der Waals surface area (Å²) < 4.78 is 0. The van der Waals surface area contributed by atoms with E-state index in [2.05, 4.69) is 39.8 Å². The van der Waals surface area contributed by atoms with Gasteiger partial charge in [0.05, 0.1) is 0 Å². The van der Waals surface area contributed by atoms with Gasteiger partial charge in [0, 0.05) is 5.54 Å². The topological polar surface area (TPSA) is 3.24 Å². The first kappa shape index (κ1) is 53.0. The van der Waals surface area contributed by atoms with E-state index in [0.717, 1.165) is 0 Å². The number of hydrogen-bond donors (Lipinski definition) is 0. The van der Waals surface area contributed by atoms with Gasteiger partial charge in [0.1, 0.15) is 0 Å². The minimum absolute atomic E-state index is 0.449. The summed E-state index contributed by atoms with van der Waals surface area (Å²) in [4.78, 5) is 2.70. The van der Waals surface area contributed by atoms with E-state index < -0.39 is 0 Å². The first-order chi connectivity index (χ1) is 26.1. The summed E-state index contributed by atoms with van der Waals surface area (Å²) >= 11 is 0. The minimum Gasteiger partial charge on any atom is -0.304 e. The molecule has 0 aliphatic carbocycles. The highest BCUT2D eigenvalue weighted by molar-refractivity contribution is 4.88. The van der Waals surface area contributed by atoms with Crippen LogP contribution in [0.4, 0.5) is 0 Å². The second-order valence-electron chi connectivity index (χ2n) is 18.5. The third kappa shape index (κ3) is 38.6. The molecule has 0 aromatic carbocycles. The maximum Gasteiger partial charge on any atom is 0.0203 e. The lowest BCUT2D eigenvalue weighted by Crippen LogP contribution is -2.44. The number of rotatable bonds is 47. The molecule has 1 heteroatoms. The molecule has 0 amide bonds. The van der Waals surface area contributed by atoms with Gasteiger partial charge >= 0.3 is 0 Å². The molecule has 0 aliphatic rings. The Hall–Kier alpha value is -0.0400. The third-order valence-electron chi connectivity index (χ3n) is 13.2. The molecule has 0 spiro atoms. The van der Waals surface area contributed by atoms with Crippen molar-refractivity contribution < 1.29 is 0 Å². The summed E-state index contributed by atoms with van der Waals surface area (Å²) in [5.41, 5.74) is 0.449. The van der Waals surface area contributed by atoms with Crippen molar-refractivity contribution in [3.05, 3.63) is 0 Å². The summed E-state index contributed by atoms with van der Waals surface area (Å²) in [5, 5.41) is 0. The van der Waals surface area contributed by atoms with Crippen LogP contribution in [0.15, 0.2) is 0 Å². The second kappa shape index (κ2) is 44.7. The van der Waals surface area contributed by atoms with Gasteiger partial charge in [0.25, 0.3) is 0 Å². The van der Waals surface area contributed by atoms with E-state index in [-0.39, 0.29) is 0 Å². The summed E-state index contributed by atoms with van der Waals surface area (Å²) in [6, 6.07) is 0. The summed E-state index contributed by atoms with van der Waals surface area (Å²) in [6.45, 7) is 6.96. The molecule has 53 heavy (non-hydrogen) atoms. The molecule has 0 bridgehead atoms. The Morgan fingerprint density at radius 2 is 0.340 bits per heavy atom. The van der Waals surface area contributed by atoms with Crippen molar-refractivity contribution in [3.63, 3.8) is 0 Å². The van der Waals surface area contributed by atoms with Crippen LogP contribution in [0.25, 0.3) is 0 Å². The second-order valence-corrected chi connectivity index (χ2v) is 18.5. The Bertz CT molecular complexity index is 607. The van der Waals surface area contributed by atoms with Crippen molar-refractivity contribution in [1.29, 1.82) is 0 Å². The Labute approximate surface area is 339 Å². The molecule has 0 aromatic rings. The van der Waals surface area contributed by atoms with E-state index >= 15 is 0 Å². The average molecular weight is 746 g/mol. The maximum atomic E-state index is 2.70. The van der Waals surface area contributed by atoms with Crippen LogP contribution in [0.5, 0.6) is 0 Å². The van der Waals surface area contributed by atoms with E-state index in [4.69, 9.17) is 0 Å². The van der Waals surface area contributed by atoms with Crippen LogP contribution in [0.1, 0.15) is 316 Å². The quantitative estimate of drug-likeness (QED) is 0.0561. The Morgan fingerprint density at radius 1 is 0.208 bits per heavy atom. The van der Waals surface area contributed by atoms with Crippen LogP contribution in [-0.4, -0.2) is 24.5 Å². The molecule has 0 rings (SSSR count). The first-order valence-corrected chi connectivity index (χ1v) is 25.8. The molecule has 0 aromatic heterocycles. The number of unbranched alkanes of at least 4 members (excludes halogenated alkanes) is 40. The van der Waals surface area contributed by atoms with Crippen LogP contribution in [0.2, 0.25) is 0 Å². The summed E-state index contributed by atoms with van der Waals surface area (Å²) in [5.74, 6) is 0. The number of nitrogens with zero attached hydrogens (tertiary/aromatic N) is 1. The van der Waals surface area contributed by atoms with Crippen molar-refractivity contribution in [1.82, 2.24) is 4.90 Å². The number of hydrogen-bond acceptors (Lipinski definition) is 1. The van der Waals surface area contributed by atoms with Gasteiger partial charge in [-0.05, 0) is 33.4 Å². The zero-order valence-corrected chi connectivity index (χ0v) is 38.5. The lowest BCUT2D eigenvalue weighted by molar-refractivity contribution is 0.104. The third-order valence-corrected chi connectivity index (χ3v) is 13.2. The van der Waals surface area contributed by atoms with Gasteiger partial charge in [-0.2, -0.15) is 0 Å². The molecule has 320 valence electrons. The lowest BCUT2D eigenvalue weighted by Gasteiger charge is -2.41. The van der Waals surface area contributed by atoms with Gasteiger partial charge in [0.15, 0.2) is 0 Å². The van der Waals surface area contributed by atoms with Gasteiger partial charge in [-0.15, -0.1) is 0 Å². The first-order valence-electron chi connectivity index (χ1n) is 25.8. The summed E-state index contributed by atoms with van der Waals surface area (Å²) in [6.07, 6.45) is 67.3. The van der Waals surface area contributed by atoms with Crippen LogP contribution in [-0.2, 0) is 0 Å². The van der Waals surface area contributed by atoms with Gasteiger partial charge in [-0.25, -0.2) is 0 Å². The fourth-order valence-corrected chi connectivity index (χ4v) is 9.17. The molecule has 0 atom stereocenters. The summed E-state index contributed by atoms with van der Waals surface area (Å²) in [7, 11) is 4.86. The standard InChI is InChI=1S/C52H107N/c1-6-9-12-15-18-21-24-27-30-33-36-39-42-45-48-51-52(53(4)5,49-46-43-40-37-34-31-28-25-22-19-16-13-10-7-2)50-47-44-41-38-35-32-29-26-23-20-17-14-11-8-3/h6-51H2,1-5H3. The Morgan fingerprint density at radius 3 is 0.472 bits per heavy atom. The van der Waals surface area contributed by atoms with Crippen molar-refractivity contribution in [2.45, 2.75) is 322 Å². The van der Waals surface area contributed by atoms with Gasteiger partial charge < -0.3 is 4.90 Å². The van der Waals surface area contributed by atoms with Crippen molar-refractivity contribution in [2.24, 2.45) is 0 Å². The van der Waals surface area contributed by atoms with Gasteiger partial charge in [0.2, 0.25) is 0 Å². The lowest BCUT2D eigenvalue weighted by atomic mass is 9.80. The van der Waals surface area contributed by atoms with E-state index in [1.807, 2.05) is 0 Å². The predicted octanol–water partition coefficient (Wildman–Crippen LogP) is 19.3. The van der Waals surface area contributed by atoms with E-state index in [1.165, 1.54) is 295 Å². The highest BCUT2D eigenvalue weighted by Gasteiger charge is 2.30. The average Bonchev–Trinajstić information content (AvgIpc) is 3.16. The molecule has 0 heterocycles. The van der Waals surface area contributed by atoms with Crippen LogP contribution < -0.4 is 0 Å². The molecule has 0 saturated carbocycles. The van der Waals surface area contributed by atoms with Crippen LogP contribution >= 0.6 is 0 Å². The zero-order chi connectivity index (χ0) is 38.6. The van der Waals surface area contributed by atoms with Crippen molar-refractivity contribution >= 4 is 0 Å². The van der Waals surface area contributed by atoms with E-state index in [9.17, 15) is 0 Å². The van der Waals surface area contributed by atoms with Gasteiger partial charge in [-0.3, -0.25) is 0 Å². The SMILES string of the molecule is CCCCCCCCCCCCCCCCCC(CCCCCCCCCCCCCCCC)(CCCCCCCCCCCCCCCC)N(C)C. The molecular weight excluding hydrogens is 639 g/mol. The fourth-order valence-electron chi connectivity index (χ4n) is 9.17. The molecule has 0 unspecified atom stereocenters. The van der Waals surface area contributed by atoms with Crippen molar-refractivity contribution in [3.8, 4) is 0 Å². The highest BCUT2D eigenvalue weighted by Crippen LogP contribution is 2.33. The molecule has 0 N–H and O–H groups in total. The van der Waals surface area contributed by atoms with E-state index in [0.29, 0.717) is 5.54 Å². The molecule has 0 aliphatic heterocycles. The highest BCUT2D eigenvalue weighted by atomic mass is 15.1. The van der Waals surface area contributed by atoms with Crippen molar-refractivity contribution in [2.75, 3.05) is 14.1 Å². The zero-order valence-electron chi connectivity index (χ0n) is 38.5. The molecule has 0 saturated heterocycles. The molecule has 0 radical (unpaired) electrons. The molecule has 0 fully saturated rings. The van der Waals surface area contributed by atoms with Crippen LogP contribution in [0.3, 0.4) is 0 Å². The molecule has 1 nitrogen and oxygen atoms in total. The van der Waals surface area contributed by atoms with Gasteiger partial charge in [-0.1, -0.05) is 297 Å². The Kier molecular flexibility index (Phi) is 44.6. The smallest absolute Gasteiger partial charge is 0.0203 e. The van der Waals surface area contributed by atoms with E-state index in [1.54, 1.807) is 0 Å². The fraction of sp³-hybridized carbons (Fsp3) is 1.00.